The van der Waals surface area contributed by atoms with E-state index in [1.807, 2.05) is 41.6 Å². The van der Waals surface area contributed by atoms with Crippen molar-refractivity contribution >= 4 is 46.0 Å². The third kappa shape index (κ3) is 4.92. The van der Waals surface area contributed by atoms with Gasteiger partial charge in [0, 0.05) is 0 Å². The fraction of sp³-hybridized carbons (Fsp3) is 0.269. The zero-order valence-electron chi connectivity index (χ0n) is 20.2. The number of methoxy groups -OCH3 is 1. The number of phenolic OH excluding ortho intramolecular Hbond substituents is 1. The van der Waals surface area contributed by atoms with Crippen LogP contribution in [0.2, 0.25) is 0 Å². The van der Waals surface area contributed by atoms with Crippen molar-refractivity contribution in [2.45, 2.75) is 26.8 Å². The van der Waals surface area contributed by atoms with E-state index in [9.17, 15) is 14.7 Å². The maximum atomic E-state index is 13.7. The normalized spacial score (nSPS) is 15.4. The third-order valence-electron chi connectivity index (χ3n) is 5.60. The second kappa shape index (κ2) is 10.9. The average Bonchev–Trinajstić information content (AvgIpc) is 3.15. The Balaban J connectivity index is 1.93. The predicted octanol–water partition coefficient (Wildman–Crippen LogP) is 3.52. The van der Waals surface area contributed by atoms with Gasteiger partial charge in [-0.2, -0.15) is 0 Å². The molecule has 1 aliphatic heterocycles. The summed E-state index contributed by atoms with van der Waals surface area (Å²) in [5, 5.41) is 10.3. The molecular formula is C26H25IN2O6S. The molecule has 4 rings (SSSR count). The summed E-state index contributed by atoms with van der Waals surface area (Å²) in [7, 11) is 1.58. The summed E-state index contributed by atoms with van der Waals surface area (Å²) >= 11 is 3.26. The first-order valence-electron chi connectivity index (χ1n) is 11.3. The van der Waals surface area contributed by atoms with Crippen LogP contribution in [0.4, 0.5) is 0 Å². The Bertz CT molecular complexity index is 1520. The number of benzene rings is 2. The van der Waals surface area contributed by atoms with Crippen LogP contribution in [-0.4, -0.2) is 36.0 Å². The number of thiazole rings is 1. The van der Waals surface area contributed by atoms with Gasteiger partial charge in [-0.25, -0.2) is 9.79 Å². The van der Waals surface area contributed by atoms with Crippen LogP contribution in [0.5, 0.6) is 17.2 Å². The van der Waals surface area contributed by atoms with E-state index in [-0.39, 0.29) is 17.9 Å². The first-order chi connectivity index (χ1) is 17.3. The van der Waals surface area contributed by atoms with Crippen molar-refractivity contribution in [3.05, 3.63) is 82.1 Å². The largest absolute Gasteiger partial charge is 0.504 e. The molecule has 0 amide bonds. The lowest BCUT2D eigenvalue weighted by molar-refractivity contribution is -0.139. The second-order valence-corrected chi connectivity index (χ2v) is 10.0. The molecule has 0 aliphatic carbocycles. The number of aromatic hydroxyl groups is 1. The minimum absolute atomic E-state index is 0.0604. The van der Waals surface area contributed by atoms with Crippen molar-refractivity contribution in [2.24, 2.45) is 4.99 Å². The van der Waals surface area contributed by atoms with Crippen LogP contribution < -0.4 is 24.4 Å². The van der Waals surface area contributed by atoms with E-state index in [1.165, 1.54) is 15.9 Å². The zero-order valence-corrected chi connectivity index (χ0v) is 23.2. The predicted molar refractivity (Wildman–Crippen MR) is 145 cm³/mol. The van der Waals surface area contributed by atoms with E-state index < -0.39 is 12.0 Å². The Hall–Kier alpha value is -3.12. The highest BCUT2D eigenvalue weighted by Crippen LogP contribution is 2.33. The number of rotatable bonds is 7. The lowest BCUT2D eigenvalue weighted by atomic mass is 9.96. The van der Waals surface area contributed by atoms with Crippen molar-refractivity contribution < 1.29 is 24.1 Å². The quantitative estimate of drug-likeness (QED) is 0.321. The maximum absolute atomic E-state index is 13.7. The minimum atomic E-state index is -0.702. The fourth-order valence-corrected chi connectivity index (χ4v) is 5.66. The van der Waals surface area contributed by atoms with Crippen LogP contribution >= 0.6 is 33.9 Å². The number of esters is 1. The van der Waals surface area contributed by atoms with Gasteiger partial charge in [0.2, 0.25) is 0 Å². The SMILES string of the molecule is CCOC(=O)C1=C(C)N=c2sc(=Cc3cc(I)c(O)c(OCC)c3)c(=O)n2C1c1ccc(OC)cc1. The summed E-state index contributed by atoms with van der Waals surface area (Å²) in [5.74, 6) is 0.560. The molecule has 2 aromatic carbocycles. The molecule has 36 heavy (non-hydrogen) atoms. The summed E-state index contributed by atoms with van der Waals surface area (Å²) in [6.07, 6.45) is 1.74. The molecule has 1 unspecified atom stereocenters. The van der Waals surface area contributed by atoms with Gasteiger partial charge in [-0.1, -0.05) is 23.5 Å². The van der Waals surface area contributed by atoms with E-state index in [4.69, 9.17) is 14.2 Å². The van der Waals surface area contributed by atoms with E-state index in [2.05, 4.69) is 4.99 Å². The molecule has 0 saturated heterocycles. The van der Waals surface area contributed by atoms with Crippen molar-refractivity contribution in [1.82, 2.24) is 4.57 Å². The summed E-state index contributed by atoms with van der Waals surface area (Å²) in [6, 6.07) is 9.99. The number of hydrogen-bond acceptors (Lipinski definition) is 8. The first-order valence-corrected chi connectivity index (χ1v) is 13.2. The van der Waals surface area contributed by atoms with Gasteiger partial charge >= 0.3 is 5.97 Å². The summed E-state index contributed by atoms with van der Waals surface area (Å²) in [4.78, 5) is 31.8. The Kier molecular flexibility index (Phi) is 7.84. The summed E-state index contributed by atoms with van der Waals surface area (Å²) in [6.45, 7) is 5.92. The highest BCUT2D eigenvalue weighted by Gasteiger charge is 2.33. The smallest absolute Gasteiger partial charge is 0.338 e. The van der Waals surface area contributed by atoms with Gasteiger partial charge in [0.15, 0.2) is 16.3 Å². The number of carbonyl (C=O) groups excluding carboxylic acids is 1. The van der Waals surface area contributed by atoms with Gasteiger partial charge in [-0.05, 0) is 84.8 Å². The van der Waals surface area contributed by atoms with E-state index in [0.29, 0.717) is 47.8 Å². The molecule has 10 heteroatoms. The van der Waals surface area contributed by atoms with Gasteiger partial charge in [0.05, 0.1) is 45.7 Å². The molecule has 1 N–H and O–H groups in total. The summed E-state index contributed by atoms with van der Waals surface area (Å²) in [5.41, 5.74) is 1.97. The lowest BCUT2D eigenvalue weighted by Gasteiger charge is -2.24. The van der Waals surface area contributed by atoms with Crippen LogP contribution in [0.15, 0.2) is 57.5 Å². The van der Waals surface area contributed by atoms with Crippen LogP contribution in [0.25, 0.3) is 6.08 Å². The van der Waals surface area contributed by atoms with Gasteiger partial charge in [0.1, 0.15) is 5.75 Å². The number of phenols is 1. The average molecular weight is 620 g/mol. The first kappa shape index (κ1) is 26.0. The number of allylic oxidation sites excluding steroid dienone is 1. The molecule has 1 aliphatic rings. The van der Waals surface area contributed by atoms with Gasteiger partial charge < -0.3 is 19.3 Å². The number of ether oxygens (including phenoxy) is 3. The fourth-order valence-electron chi connectivity index (χ4n) is 3.99. The monoisotopic (exact) mass is 620 g/mol. The van der Waals surface area contributed by atoms with Gasteiger partial charge in [-0.15, -0.1) is 0 Å². The number of halogens is 1. The van der Waals surface area contributed by atoms with Crippen molar-refractivity contribution in [2.75, 3.05) is 20.3 Å². The number of fused-ring (bicyclic) bond motifs is 1. The van der Waals surface area contributed by atoms with Crippen molar-refractivity contribution in [3.63, 3.8) is 0 Å². The van der Waals surface area contributed by atoms with E-state index in [0.717, 1.165) is 5.56 Å². The molecule has 188 valence electrons. The van der Waals surface area contributed by atoms with E-state index >= 15 is 0 Å². The Labute approximate surface area is 225 Å². The molecule has 0 spiro atoms. The Morgan fingerprint density at radius 2 is 1.94 bits per heavy atom. The summed E-state index contributed by atoms with van der Waals surface area (Å²) < 4.78 is 18.7. The molecule has 0 saturated carbocycles. The molecule has 3 aromatic rings. The molecule has 2 heterocycles. The molecular weight excluding hydrogens is 595 g/mol. The third-order valence-corrected chi connectivity index (χ3v) is 7.40. The minimum Gasteiger partial charge on any atom is -0.504 e. The number of nitrogens with zero attached hydrogens (tertiary/aromatic N) is 2. The second-order valence-electron chi connectivity index (χ2n) is 7.86. The van der Waals surface area contributed by atoms with Crippen molar-refractivity contribution in [3.8, 4) is 17.2 Å². The molecule has 8 nitrogen and oxygen atoms in total. The van der Waals surface area contributed by atoms with Crippen LogP contribution in [0, 0.1) is 3.57 Å². The highest BCUT2D eigenvalue weighted by atomic mass is 127. The van der Waals surface area contributed by atoms with Crippen molar-refractivity contribution in [1.29, 1.82) is 0 Å². The van der Waals surface area contributed by atoms with Crippen LogP contribution in [-0.2, 0) is 9.53 Å². The topological polar surface area (TPSA) is 99.4 Å². The van der Waals surface area contributed by atoms with Gasteiger partial charge in [-0.3, -0.25) is 9.36 Å². The Morgan fingerprint density at radius 3 is 2.58 bits per heavy atom. The number of carbonyl (C=O) groups is 1. The molecule has 1 aromatic heterocycles. The molecule has 0 radical (unpaired) electrons. The van der Waals surface area contributed by atoms with Crippen LogP contribution in [0.1, 0.15) is 37.9 Å². The number of aromatic nitrogens is 1. The molecule has 0 fully saturated rings. The number of hydrogen-bond donors (Lipinski definition) is 1. The maximum Gasteiger partial charge on any atom is 0.338 e. The zero-order chi connectivity index (χ0) is 26.0. The molecule has 1 atom stereocenters. The van der Waals surface area contributed by atoms with E-state index in [1.54, 1.807) is 51.3 Å². The van der Waals surface area contributed by atoms with Crippen LogP contribution in [0.3, 0.4) is 0 Å². The molecule has 0 bridgehead atoms. The standard InChI is InChI=1S/C26H25IN2O6S/c1-5-34-19-12-15(11-18(27)23(19)30)13-20-24(31)29-22(16-7-9-17(33-4)10-8-16)21(25(32)35-6-2)14(3)28-26(29)36-20/h7-13,22,30H,5-6H2,1-4H3. The highest BCUT2D eigenvalue weighted by molar-refractivity contribution is 14.1. The lowest BCUT2D eigenvalue weighted by Crippen LogP contribution is -2.39. The Morgan fingerprint density at radius 1 is 1.22 bits per heavy atom. The van der Waals surface area contributed by atoms with Gasteiger partial charge in [0.25, 0.3) is 5.56 Å².